The Balaban J connectivity index is 1.64. The molecule has 0 unspecified atom stereocenters. The van der Waals surface area contributed by atoms with E-state index in [0.717, 1.165) is 17.0 Å². The van der Waals surface area contributed by atoms with Crippen molar-refractivity contribution in [3.05, 3.63) is 59.4 Å². The molecule has 6 nitrogen and oxygen atoms in total. The van der Waals surface area contributed by atoms with E-state index in [2.05, 4.69) is 4.98 Å². The number of nitrogens with zero attached hydrogens (tertiary/aromatic N) is 3. The molecule has 2 heterocycles. The molecule has 2 amide bonds. The molecule has 3 rings (SSSR count). The molecule has 0 N–H and O–H groups in total. The molecule has 2 aromatic rings. The van der Waals surface area contributed by atoms with Crippen molar-refractivity contribution in [3.63, 3.8) is 0 Å². The van der Waals surface area contributed by atoms with E-state index >= 15 is 0 Å². The van der Waals surface area contributed by atoms with Crippen molar-refractivity contribution in [2.24, 2.45) is 0 Å². The highest BCUT2D eigenvalue weighted by atomic mass is 16.5. The number of rotatable bonds is 4. The third-order valence-electron chi connectivity index (χ3n) is 4.22. The van der Waals surface area contributed by atoms with Gasteiger partial charge in [0.15, 0.2) is 0 Å². The van der Waals surface area contributed by atoms with Crippen LogP contribution in [0.1, 0.15) is 21.7 Å². The molecule has 1 aliphatic heterocycles. The molecule has 0 aliphatic carbocycles. The average molecular weight is 339 g/mol. The summed E-state index contributed by atoms with van der Waals surface area (Å²) in [5, 5.41) is 0. The number of piperazine rings is 1. The molecule has 1 aromatic carbocycles. The minimum atomic E-state index is -0.196. The summed E-state index contributed by atoms with van der Waals surface area (Å²) >= 11 is 0. The minimum Gasteiger partial charge on any atom is -0.497 e. The zero-order chi connectivity index (χ0) is 17.8. The Hall–Kier alpha value is -2.89. The fourth-order valence-corrected chi connectivity index (χ4v) is 2.86. The first-order valence-corrected chi connectivity index (χ1v) is 8.20. The van der Waals surface area contributed by atoms with Crippen LogP contribution in [0.25, 0.3) is 0 Å². The summed E-state index contributed by atoms with van der Waals surface area (Å²) < 4.78 is 5.21. The van der Waals surface area contributed by atoms with Gasteiger partial charge in [0.25, 0.3) is 5.91 Å². The molecule has 25 heavy (non-hydrogen) atoms. The fourth-order valence-electron chi connectivity index (χ4n) is 2.86. The summed E-state index contributed by atoms with van der Waals surface area (Å²) in [7, 11) is 1.62. The van der Waals surface area contributed by atoms with Gasteiger partial charge in [0.1, 0.15) is 18.0 Å². The highest BCUT2D eigenvalue weighted by molar-refractivity contribution is 5.95. The van der Waals surface area contributed by atoms with Gasteiger partial charge in [-0.1, -0.05) is 18.2 Å². The molecule has 6 heteroatoms. The van der Waals surface area contributed by atoms with Gasteiger partial charge in [-0.05, 0) is 36.8 Å². The smallest absolute Gasteiger partial charge is 0.272 e. The van der Waals surface area contributed by atoms with Crippen molar-refractivity contribution in [2.45, 2.75) is 13.5 Å². The fraction of sp³-hybridized carbons (Fsp3) is 0.316. The van der Waals surface area contributed by atoms with E-state index in [1.54, 1.807) is 29.0 Å². The lowest BCUT2D eigenvalue weighted by molar-refractivity contribution is -0.135. The van der Waals surface area contributed by atoms with Crippen LogP contribution < -0.4 is 4.74 Å². The van der Waals surface area contributed by atoms with Gasteiger partial charge in [-0.2, -0.15) is 0 Å². The van der Waals surface area contributed by atoms with Crippen molar-refractivity contribution in [1.29, 1.82) is 0 Å². The van der Waals surface area contributed by atoms with Crippen LogP contribution in [0.3, 0.4) is 0 Å². The van der Waals surface area contributed by atoms with Gasteiger partial charge in [0, 0.05) is 25.3 Å². The number of pyridine rings is 1. The Kier molecular flexibility index (Phi) is 4.97. The summed E-state index contributed by atoms with van der Waals surface area (Å²) in [5.41, 5.74) is 2.18. The van der Waals surface area contributed by atoms with Gasteiger partial charge in [-0.3, -0.25) is 9.59 Å². The molecule has 1 aliphatic rings. The minimum absolute atomic E-state index is 0.0601. The largest absolute Gasteiger partial charge is 0.497 e. The molecule has 0 saturated carbocycles. The first-order valence-electron chi connectivity index (χ1n) is 8.20. The summed E-state index contributed by atoms with van der Waals surface area (Å²) in [4.78, 5) is 32.5. The van der Waals surface area contributed by atoms with Crippen LogP contribution in [0.15, 0.2) is 42.5 Å². The summed E-state index contributed by atoms with van der Waals surface area (Å²) in [6.07, 6.45) is 0. The number of aromatic nitrogens is 1. The number of hydrogen-bond acceptors (Lipinski definition) is 4. The quantitative estimate of drug-likeness (QED) is 0.853. The topological polar surface area (TPSA) is 62.7 Å². The van der Waals surface area contributed by atoms with E-state index in [1.807, 2.05) is 37.3 Å². The number of ether oxygens (including phenoxy) is 1. The van der Waals surface area contributed by atoms with Crippen LogP contribution >= 0.6 is 0 Å². The Labute approximate surface area is 147 Å². The molecular weight excluding hydrogens is 318 g/mol. The normalized spacial score (nSPS) is 14.6. The van der Waals surface area contributed by atoms with Gasteiger partial charge in [0.05, 0.1) is 7.11 Å². The lowest BCUT2D eigenvalue weighted by atomic mass is 10.1. The molecule has 0 radical (unpaired) electrons. The van der Waals surface area contributed by atoms with Crippen LogP contribution in [0.4, 0.5) is 0 Å². The second-order valence-electron chi connectivity index (χ2n) is 6.06. The number of methoxy groups -OCH3 is 1. The molecule has 0 atom stereocenters. The standard InChI is InChI=1S/C19H21N3O3/c1-14-5-3-8-17(20-14)19(24)22-10-9-21(18(23)13-22)12-15-6-4-7-16(11-15)25-2/h3-8,11H,9-10,12-13H2,1-2H3. The van der Waals surface area contributed by atoms with Crippen LogP contribution in [0.2, 0.25) is 0 Å². The third kappa shape index (κ3) is 3.96. The van der Waals surface area contributed by atoms with Gasteiger partial charge in [-0.25, -0.2) is 4.98 Å². The monoisotopic (exact) mass is 339 g/mol. The number of aryl methyl sites for hydroxylation is 1. The second kappa shape index (κ2) is 7.34. The maximum atomic E-state index is 12.5. The number of carbonyl (C=O) groups excluding carboxylic acids is 2. The van der Waals surface area contributed by atoms with Crippen molar-refractivity contribution in [3.8, 4) is 5.75 Å². The molecule has 1 fully saturated rings. The first-order chi connectivity index (χ1) is 12.1. The highest BCUT2D eigenvalue weighted by Crippen LogP contribution is 2.16. The Morgan fingerprint density at radius 3 is 2.72 bits per heavy atom. The maximum Gasteiger partial charge on any atom is 0.272 e. The van der Waals surface area contributed by atoms with Gasteiger partial charge in [-0.15, -0.1) is 0 Å². The van der Waals surface area contributed by atoms with Gasteiger partial charge in [0.2, 0.25) is 5.91 Å². The number of carbonyl (C=O) groups is 2. The number of hydrogen-bond donors (Lipinski definition) is 0. The zero-order valence-corrected chi connectivity index (χ0v) is 14.4. The molecule has 130 valence electrons. The van der Waals surface area contributed by atoms with Crippen LogP contribution in [0, 0.1) is 6.92 Å². The van der Waals surface area contributed by atoms with Crippen LogP contribution in [0.5, 0.6) is 5.75 Å². The lowest BCUT2D eigenvalue weighted by Crippen LogP contribution is -2.51. The van der Waals surface area contributed by atoms with Crippen molar-refractivity contribution in [1.82, 2.24) is 14.8 Å². The molecule has 0 bridgehead atoms. The number of benzene rings is 1. The Morgan fingerprint density at radius 1 is 1.20 bits per heavy atom. The summed E-state index contributed by atoms with van der Waals surface area (Å²) in [5.74, 6) is 0.512. The average Bonchev–Trinajstić information content (AvgIpc) is 2.63. The van der Waals surface area contributed by atoms with Crippen LogP contribution in [-0.4, -0.2) is 53.3 Å². The molecular formula is C19H21N3O3. The maximum absolute atomic E-state index is 12.5. The summed E-state index contributed by atoms with van der Waals surface area (Å²) in [6, 6.07) is 13.0. The van der Waals surface area contributed by atoms with E-state index in [4.69, 9.17) is 4.74 Å². The molecule has 1 aromatic heterocycles. The van der Waals surface area contributed by atoms with E-state index in [1.165, 1.54) is 0 Å². The van der Waals surface area contributed by atoms with Gasteiger partial charge >= 0.3 is 0 Å². The Bertz CT molecular complexity index is 791. The number of amides is 2. The zero-order valence-electron chi connectivity index (χ0n) is 14.4. The van der Waals surface area contributed by atoms with E-state index in [0.29, 0.717) is 25.3 Å². The highest BCUT2D eigenvalue weighted by Gasteiger charge is 2.28. The second-order valence-corrected chi connectivity index (χ2v) is 6.06. The van der Waals surface area contributed by atoms with Crippen molar-refractivity contribution in [2.75, 3.05) is 26.7 Å². The lowest BCUT2D eigenvalue weighted by Gasteiger charge is -2.34. The van der Waals surface area contributed by atoms with Gasteiger partial charge < -0.3 is 14.5 Å². The van der Waals surface area contributed by atoms with E-state index in [9.17, 15) is 9.59 Å². The van der Waals surface area contributed by atoms with E-state index < -0.39 is 0 Å². The SMILES string of the molecule is COc1cccc(CN2CCN(C(=O)c3cccc(C)n3)CC2=O)c1. The van der Waals surface area contributed by atoms with Crippen LogP contribution in [-0.2, 0) is 11.3 Å². The third-order valence-corrected chi connectivity index (χ3v) is 4.22. The molecule has 0 spiro atoms. The van der Waals surface area contributed by atoms with Crippen molar-refractivity contribution >= 4 is 11.8 Å². The van der Waals surface area contributed by atoms with Crippen molar-refractivity contribution < 1.29 is 14.3 Å². The predicted molar refractivity (Wildman–Crippen MR) is 93.3 cm³/mol. The first kappa shape index (κ1) is 17.0. The summed E-state index contributed by atoms with van der Waals surface area (Å²) in [6.45, 7) is 3.45. The Morgan fingerprint density at radius 2 is 2.00 bits per heavy atom. The van der Waals surface area contributed by atoms with E-state index in [-0.39, 0.29) is 18.4 Å². The molecule has 1 saturated heterocycles. The predicted octanol–water partition coefficient (Wildman–Crippen LogP) is 1.88.